The van der Waals surface area contributed by atoms with Gasteiger partial charge in [0.1, 0.15) is 12.4 Å². The molecular formula is C28H27FN4O3. The lowest BCUT2D eigenvalue weighted by molar-refractivity contribution is -0.117. The van der Waals surface area contributed by atoms with E-state index in [0.717, 1.165) is 5.56 Å². The Morgan fingerprint density at radius 3 is 2.36 bits per heavy atom. The van der Waals surface area contributed by atoms with E-state index in [2.05, 4.69) is 10.3 Å². The molecule has 3 aromatic carbocycles. The minimum Gasteiger partial charge on any atom is -0.324 e. The molecule has 0 aliphatic carbocycles. The molecule has 0 radical (unpaired) electrons. The Hall–Kier alpha value is -4.33. The molecule has 4 aromatic rings. The van der Waals surface area contributed by atoms with Gasteiger partial charge in [0.2, 0.25) is 17.6 Å². The van der Waals surface area contributed by atoms with Gasteiger partial charge < -0.3 is 5.32 Å². The molecule has 0 aliphatic heterocycles. The maximum absolute atomic E-state index is 13.6. The number of carbonyl (C=O) groups is 2. The molecule has 2 amide bonds. The summed E-state index contributed by atoms with van der Waals surface area (Å²) in [5.74, 6) is -1.07. The zero-order chi connectivity index (χ0) is 25.8. The molecule has 0 fully saturated rings. The fourth-order valence-corrected chi connectivity index (χ4v) is 4.07. The van der Waals surface area contributed by atoms with Crippen molar-refractivity contribution in [3.8, 4) is 0 Å². The molecule has 1 heterocycles. The van der Waals surface area contributed by atoms with E-state index in [-0.39, 0.29) is 30.7 Å². The lowest BCUT2D eigenvalue weighted by Crippen LogP contribution is -2.38. The Morgan fingerprint density at radius 2 is 1.67 bits per heavy atom. The number of rotatable bonds is 7. The van der Waals surface area contributed by atoms with Gasteiger partial charge in [-0.25, -0.2) is 9.37 Å². The standard InChI is InChI=1S/C28H27FN4O3/c1-18(2)22-8-4-5-9-23(22)30-26(35)17-33-25-11-7-6-10-24(25)31-27(28(33)36)32(19(3)34)16-20-12-14-21(29)15-13-20/h4-15,18H,16-17H2,1-3H3,(H,30,35). The summed E-state index contributed by atoms with van der Waals surface area (Å²) in [5, 5.41) is 2.91. The minimum atomic E-state index is -0.571. The van der Waals surface area contributed by atoms with Gasteiger partial charge in [-0.15, -0.1) is 0 Å². The van der Waals surface area contributed by atoms with Gasteiger partial charge in [0.15, 0.2) is 0 Å². The summed E-state index contributed by atoms with van der Waals surface area (Å²) >= 11 is 0. The van der Waals surface area contributed by atoms with Gasteiger partial charge in [-0.05, 0) is 47.4 Å². The van der Waals surface area contributed by atoms with E-state index < -0.39 is 17.3 Å². The maximum atomic E-state index is 13.6. The van der Waals surface area contributed by atoms with Crippen LogP contribution >= 0.6 is 0 Å². The number of halogens is 1. The lowest BCUT2D eigenvalue weighted by Gasteiger charge is -2.22. The Morgan fingerprint density at radius 1 is 1.00 bits per heavy atom. The quantitative estimate of drug-likeness (QED) is 0.405. The van der Waals surface area contributed by atoms with Crippen LogP contribution in [0.3, 0.4) is 0 Å². The van der Waals surface area contributed by atoms with Crippen LogP contribution in [-0.4, -0.2) is 21.4 Å². The van der Waals surface area contributed by atoms with Gasteiger partial charge in [-0.3, -0.25) is 23.9 Å². The van der Waals surface area contributed by atoms with Crippen LogP contribution in [0, 0.1) is 5.82 Å². The molecule has 7 nitrogen and oxygen atoms in total. The third-order valence-electron chi connectivity index (χ3n) is 5.88. The van der Waals surface area contributed by atoms with Crippen molar-refractivity contribution in [3.05, 3.63) is 100 Å². The zero-order valence-electron chi connectivity index (χ0n) is 20.4. The normalized spacial score (nSPS) is 11.0. The number of nitrogens with zero attached hydrogens (tertiary/aromatic N) is 3. The Balaban J connectivity index is 1.73. The van der Waals surface area contributed by atoms with Crippen molar-refractivity contribution in [1.82, 2.24) is 9.55 Å². The van der Waals surface area contributed by atoms with Crippen molar-refractivity contribution in [2.75, 3.05) is 10.2 Å². The molecule has 0 unspecified atom stereocenters. The summed E-state index contributed by atoms with van der Waals surface area (Å²) in [4.78, 5) is 45.0. The van der Waals surface area contributed by atoms with Crippen LogP contribution in [0.1, 0.15) is 37.8 Å². The van der Waals surface area contributed by atoms with Crippen LogP contribution in [0.15, 0.2) is 77.6 Å². The van der Waals surface area contributed by atoms with Crippen molar-refractivity contribution >= 4 is 34.4 Å². The van der Waals surface area contributed by atoms with Gasteiger partial charge in [0.05, 0.1) is 17.6 Å². The molecular weight excluding hydrogens is 459 g/mol. The topological polar surface area (TPSA) is 84.3 Å². The van der Waals surface area contributed by atoms with E-state index in [0.29, 0.717) is 22.3 Å². The largest absolute Gasteiger partial charge is 0.324 e. The summed E-state index contributed by atoms with van der Waals surface area (Å²) in [5.41, 5.74) is 2.68. The van der Waals surface area contributed by atoms with Gasteiger partial charge in [-0.2, -0.15) is 0 Å². The Bertz CT molecular complexity index is 1480. The van der Waals surface area contributed by atoms with Crippen molar-refractivity contribution in [2.45, 2.75) is 39.8 Å². The molecule has 8 heteroatoms. The molecule has 4 rings (SSSR count). The highest BCUT2D eigenvalue weighted by Gasteiger charge is 2.22. The number of hydrogen-bond donors (Lipinski definition) is 1. The lowest BCUT2D eigenvalue weighted by atomic mass is 10.0. The number of benzene rings is 3. The van der Waals surface area contributed by atoms with Gasteiger partial charge in [-0.1, -0.05) is 56.3 Å². The van der Waals surface area contributed by atoms with Crippen LogP contribution < -0.4 is 15.8 Å². The Kier molecular flexibility index (Phi) is 7.24. The molecule has 1 N–H and O–H groups in total. The van der Waals surface area contributed by atoms with Crippen molar-refractivity contribution in [3.63, 3.8) is 0 Å². The van der Waals surface area contributed by atoms with Crippen LogP contribution in [0.5, 0.6) is 0 Å². The molecule has 36 heavy (non-hydrogen) atoms. The second-order valence-electron chi connectivity index (χ2n) is 8.84. The van der Waals surface area contributed by atoms with E-state index in [4.69, 9.17) is 0 Å². The number of carbonyl (C=O) groups excluding carboxylic acids is 2. The van der Waals surface area contributed by atoms with Crippen molar-refractivity contribution in [1.29, 1.82) is 0 Å². The number of nitrogens with one attached hydrogen (secondary N) is 1. The average molecular weight is 487 g/mol. The fraction of sp³-hybridized carbons (Fsp3) is 0.214. The molecule has 0 bridgehead atoms. The monoisotopic (exact) mass is 486 g/mol. The number of hydrogen-bond acceptors (Lipinski definition) is 4. The first-order valence-electron chi connectivity index (χ1n) is 11.7. The second-order valence-corrected chi connectivity index (χ2v) is 8.84. The first-order valence-corrected chi connectivity index (χ1v) is 11.7. The van der Waals surface area contributed by atoms with Gasteiger partial charge >= 0.3 is 0 Å². The molecule has 0 saturated heterocycles. The zero-order valence-corrected chi connectivity index (χ0v) is 20.4. The van der Waals surface area contributed by atoms with E-state index in [1.54, 1.807) is 36.4 Å². The van der Waals surface area contributed by atoms with Crippen LogP contribution in [0.25, 0.3) is 11.0 Å². The van der Waals surface area contributed by atoms with Crippen LogP contribution in [-0.2, 0) is 22.7 Å². The number of fused-ring (bicyclic) bond motifs is 1. The van der Waals surface area contributed by atoms with Gasteiger partial charge in [0.25, 0.3) is 5.56 Å². The molecule has 1 aromatic heterocycles. The summed E-state index contributed by atoms with van der Waals surface area (Å²) in [6.45, 7) is 5.18. The predicted molar refractivity (Wildman–Crippen MR) is 138 cm³/mol. The highest BCUT2D eigenvalue weighted by Crippen LogP contribution is 2.24. The van der Waals surface area contributed by atoms with Crippen molar-refractivity contribution < 1.29 is 14.0 Å². The van der Waals surface area contributed by atoms with E-state index in [1.807, 2.05) is 38.1 Å². The molecule has 0 spiro atoms. The Labute approximate surface area is 208 Å². The highest BCUT2D eigenvalue weighted by atomic mass is 19.1. The predicted octanol–water partition coefficient (Wildman–Crippen LogP) is 4.85. The first kappa shape index (κ1) is 24.8. The maximum Gasteiger partial charge on any atom is 0.294 e. The van der Waals surface area contributed by atoms with Crippen LogP contribution in [0.4, 0.5) is 15.9 Å². The summed E-state index contributed by atoms with van der Waals surface area (Å²) in [7, 11) is 0. The molecule has 0 saturated carbocycles. The SMILES string of the molecule is CC(=O)N(Cc1ccc(F)cc1)c1nc2ccccc2n(CC(=O)Nc2ccccc2C(C)C)c1=O. The van der Waals surface area contributed by atoms with E-state index >= 15 is 0 Å². The molecule has 0 atom stereocenters. The average Bonchev–Trinajstić information content (AvgIpc) is 2.85. The van der Waals surface area contributed by atoms with Crippen molar-refractivity contribution in [2.24, 2.45) is 0 Å². The third-order valence-corrected chi connectivity index (χ3v) is 5.88. The van der Waals surface area contributed by atoms with E-state index in [9.17, 15) is 18.8 Å². The summed E-state index contributed by atoms with van der Waals surface area (Å²) in [6, 6.07) is 20.2. The fourth-order valence-electron chi connectivity index (χ4n) is 4.07. The summed E-state index contributed by atoms with van der Waals surface area (Å²) < 4.78 is 14.7. The number of amides is 2. The first-order chi connectivity index (χ1) is 17.2. The number of para-hydroxylation sites is 3. The van der Waals surface area contributed by atoms with Gasteiger partial charge in [0, 0.05) is 12.6 Å². The third kappa shape index (κ3) is 5.33. The minimum absolute atomic E-state index is 0.0319. The molecule has 0 aliphatic rings. The highest BCUT2D eigenvalue weighted by molar-refractivity contribution is 5.94. The van der Waals surface area contributed by atoms with E-state index in [1.165, 1.54) is 28.5 Å². The smallest absolute Gasteiger partial charge is 0.294 e. The van der Waals surface area contributed by atoms with Crippen LogP contribution in [0.2, 0.25) is 0 Å². The summed E-state index contributed by atoms with van der Waals surface area (Å²) in [6.07, 6.45) is 0. The second kappa shape index (κ2) is 10.5. The number of anilines is 2. The number of aromatic nitrogens is 2. The molecule has 184 valence electrons.